The van der Waals surface area contributed by atoms with Crippen LogP contribution in [0.3, 0.4) is 0 Å². The van der Waals surface area contributed by atoms with Crippen LogP contribution in [0.1, 0.15) is 40.4 Å². The molecular formula is C30H30N2O5S2. The van der Waals surface area contributed by atoms with E-state index in [1.807, 2.05) is 36.6 Å². The number of nitrogens with one attached hydrogen (secondary N) is 1. The summed E-state index contributed by atoms with van der Waals surface area (Å²) in [7, 11) is 1.33. The molecule has 2 aromatic heterocycles. The highest BCUT2D eigenvalue weighted by atomic mass is 32.2. The minimum absolute atomic E-state index is 0.191. The smallest absolute Gasteiger partial charge is 0.341 e. The number of nitrogens with zero attached hydrogens (tertiary/aromatic N) is 1. The van der Waals surface area contributed by atoms with E-state index in [2.05, 4.69) is 38.2 Å². The molecule has 4 aromatic rings. The molecule has 0 saturated carbocycles. The van der Waals surface area contributed by atoms with Gasteiger partial charge in [-0.1, -0.05) is 36.4 Å². The second kappa shape index (κ2) is 11.3. The van der Waals surface area contributed by atoms with Crippen molar-refractivity contribution in [1.29, 1.82) is 0 Å². The van der Waals surface area contributed by atoms with Crippen molar-refractivity contribution in [1.82, 2.24) is 4.98 Å². The number of aryl methyl sites for hydroxylation is 3. The first-order valence-corrected chi connectivity index (χ1v) is 14.5. The van der Waals surface area contributed by atoms with Gasteiger partial charge in [0.25, 0.3) is 0 Å². The highest BCUT2D eigenvalue weighted by molar-refractivity contribution is 8.00. The Kier molecular flexibility index (Phi) is 7.81. The van der Waals surface area contributed by atoms with E-state index in [1.165, 1.54) is 35.8 Å². The van der Waals surface area contributed by atoms with Crippen molar-refractivity contribution < 1.29 is 23.8 Å². The SMILES string of the molecule is CCC(Sc1cc(C)c2cc(C)cc(C)c2n1)C(=O)Nc1scc(-c2ccc3c(c2)OCCO3)c1C(=O)OC. The molecule has 1 unspecified atom stereocenters. The van der Waals surface area contributed by atoms with Crippen molar-refractivity contribution in [2.75, 3.05) is 25.6 Å². The van der Waals surface area contributed by atoms with Crippen LogP contribution in [-0.2, 0) is 9.53 Å². The summed E-state index contributed by atoms with van der Waals surface area (Å²) in [6.07, 6.45) is 0.593. The van der Waals surface area contributed by atoms with Crippen LogP contribution >= 0.6 is 23.1 Å². The second-order valence-corrected chi connectivity index (χ2v) is 11.6. The monoisotopic (exact) mass is 562 g/mol. The van der Waals surface area contributed by atoms with Crippen molar-refractivity contribution >= 4 is 50.9 Å². The molecule has 202 valence electrons. The van der Waals surface area contributed by atoms with E-state index in [0.29, 0.717) is 47.3 Å². The maximum atomic E-state index is 13.5. The Morgan fingerprint density at radius 2 is 1.85 bits per heavy atom. The molecule has 39 heavy (non-hydrogen) atoms. The number of ether oxygens (including phenoxy) is 3. The lowest BCUT2D eigenvalue weighted by atomic mass is 10.0. The summed E-state index contributed by atoms with van der Waals surface area (Å²) in [4.78, 5) is 31.2. The summed E-state index contributed by atoms with van der Waals surface area (Å²) in [5.74, 6) is 0.578. The number of esters is 1. The Balaban J connectivity index is 1.42. The molecular weight excluding hydrogens is 532 g/mol. The van der Waals surface area contributed by atoms with E-state index < -0.39 is 11.2 Å². The standard InChI is InChI=1S/C30H30N2O5S2/c1-6-24(39-25-13-17(3)20-12-16(2)11-18(4)27(20)31-25)28(33)32-29-26(30(34)35-5)21(15-38-29)19-7-8-22-23(14-19)37-10-9-36-22/h7-8,11-15,24H,6,9-10H2,1-5H3,(H,32,33). The van der Waals surface area contributed by atoms with Crippen LogP contribution in [0.5, 0.6) is 11.5 Å². The number of thioether (sulfide) groups is 1. The Bertz CT molecular complexity index is 1580. The van der Waals surface area contributed by atoms with Crippen molar-refractivity contribution in [3.8, 4) is 22.6 Å². The molecule has 0 radical (unpaired) electrons. The first kappa shape index (κ1) is 27.0. The van der Waals surface area contributed by atoms with Crippen LogP contribution in [0.2, 0.25) is 0 Å². The minimum atomic E-state index is -0.519. The molecule has 1 amide bonds. The highest BCUT2D eigenvalue weighted by Gasteiger charge is 2.26. The third kappa shape index (κ3) is 5.46. The number of rotatable bonds is 7. The van der Waals surface area contributed by atoms with Crippen LogP contribution in [0, 0.1) is 20.8 Å². The van der Waals surface area contributed by atoms with Crippen LogP contribution < -0.4 is 14.8 Å². The summed E-state index contributed by atoms with van der Waals surface area (Å²) >= 11 is 2.72. The number of benzene rings is 2. The summed E-state index contributed by atoms with van der Waals surface area (Å²) in [6, 6.07) is 11.8. The number of carbonyl (C=O) groups excluding carboxylic acids is 2. The van der Waals surface area contributed by atoms with E-state index in [-0.39, 0.29) is 5.91 Å². The van der Waals surface area contributed by atoms with E-state index in [1.54, 1.807) is 0 Å². The van der Waals surface area contributed by atoms with Gasteiger partial charge in [0.1, 0.15) is 23.8 Å². The summed E-state index contributed by atoms with van der Waals surface area (Å²) < 4.78 is 16.4. The van der Waals surface area contributed by atoms with Crippen LogP contribution in [0.4, 0.5) is 5.00 Å². The number of amides is 1. The lowest BCUT2D eigenvalue weighted by Crippen LogP contribution is -2.25. The fraction of sp³-hybridized carbons (Fsp3) is 0.300. The van der Waals surface area contributed by atoms with Gasteiger partial charge in [-0.25, -0.2) is 9.78 Å². The fourth-order valence-corrected chi connectivity index (χ4v) is 6.69. The average Bonchev–Trinajstić information content (AvgIpc) is 3.35. The average molecular weight is 563 g/mol. The Morgan fingerprint density at radius 1 is 1.08 bits per heavy atom. The van der Waals surface area contributed by atoms with Gasteiger partial charge in [-0.3, -0.25) is 4.79 Å². The quantitative estimate of drug-likeness (QED) is 0.193. The van der Waals surface area contributed by atoms with Gasteiger partial charge in [0.15, 0.2) is 11.5 Å². The first-order chi connectivity index (χ1) is 18.8. The lowest BCUT2D eigenvalue weighted by Gasteiger charge is -2.19. The van der Waals surface area contributed by atoms with E-state index in [4.69, 9.17) is 19.2 Å². The highest BCUT2D eigenvalue weighted by Crippen LogP contribution is 2.41. The fourth-order valence-electron chi connectivity index (χ4n) is 4.71. The normalized spacial score (nSPS) is 13.3. The molecule has 5 rings (SSSR count). The number of hydrogen-bond acceptors (Lipinski definition) is 8. The van der Waals surface area contributed by atoms with Crippen LogP contribution in [0.25, 0.3) is 22.0 Å². The topological polar surface area (TPSA) is 86.8 Å². The molecule has 9 heteroatoms. The molecule has 0 fully saturated rings. The number of anilines is 1. The second-order valence-electron chi connectivity index (χ2n) is 9.46. The van der Waals surface area contributed by atoms with Crippen LogP contribution in [-0.4, -0.2) is 42.4 Å². The van der Waals surface area contributed by atoms with Gasteiger partial charge < -0.3 is 19.5 Å². The Morgan fingerprint density at radius 3 is 2.59 bits per heavy atom. The summed E-state index contributed by atoms with van der Waals surface area (Å²) in [5, 5.41) is 6.82. The molecule has 0 aliphatic carbocycles. The minimum Gasteiger partial charge on any atom is -0.486 e. The number of fused-ring (bicyclic) bond motifs is 2. The number of carbonyl (C=O) groups is 2. The zero-order valence-electron chi connectivity index (χ0n) is 22.5. The molecule has 7 nitrogen and oxygen atoms in total. The maximum Gasteiger partial charge on any atom is 0.341 e. The van der Waals surface area contributed by atoms with Crippen LogP contribution in [0.15, 0.2) is 46.8 Å². The van der Waals surface area contributed by atoms with Crippen molar-refractivity contribution in [3.63, 3.8) is 0 Å². The largest absolute Gasteiger partial charge is 0.486 e. The molecule has 0 bridgehead atoms. The molecule has 1 atom stereocenters. The first-order valence-electron chi connectivity index (χ1n) is 12.7. The van der Waals surface area contributed by atoms with E-state index in [0.717, 1.165) is 32.6 Å². The van der Waals surface area contributed by atoms with Gasteiger partial charge >= 0.3 is 5.97 Å². The third-order valence-corrected chi connectivity index (χ3v) is 8.81. The molecule has 1 aliphatic rings. The van der Waals surface area contributed by atoms with Gasteiger partial charge in [-0.2, -0.15) is 0 Å². The molecule has 1 N–H and O–H groups in total. The van der Waals surface area contributed by atoms with Crippen molar-refractivity contribution in [2.24, 2.45) is 0 Å². The van der Waals surface area contributed by atoms with Crippen molar-refractivity contribution in [2.45, 2.75) is 44.4 Å². The maximum absolute atomic E-state index is 13.5. The van der Waals surface area contributed by atoms with Gasteiger partial charge in [0, 0.05) is 16.3 Å². The van der Waals surface area contributed by atoms with Crippen molar-refractivity contribution in [3.05, 3.63) is 64.0 Å². The van der Waals surface area contributed by atoms with E-state index >= 15 is 0 Å². The van der Waals surface area contributed by atoms with Gasteiger partial charge in [-0.15, -0.1) is 11.3 Å². The molecule has 0 spiro atoms. The zero-order valence-corrected chi connectivity index (χ0v) is 24.2. The number of pyridine rings is 1. The van der Waals surface area contributed by atoms with Gasteiger partial charge in [-0.05, 0) is 68.1 Å². The Labute approximate surface area is 235 Å². The number of methoxy groups -OCH3 is 1. The number of thiophene rings is 1. The molecule has 0 saturated heterocycles. The third-order valence-electron chi connectivity index (χ3n) is 6.63. The molecule has 1 aliphatic heterocycles. The van der Waals surface area contributed by atoms with Gasteiger partial charge in [0.2, 0.25) is 5.91 Å². The summed E-state index contributed by atoms with van der Waals surface area (Å²) in [5.41, 5.74) is 6.15. The number of aromatic nitrogens is 1. The Hall–Kier alpha value is -3.56. The van der Waals surface area contributed by atoms with Gasteiger partial charge in [0.05, 0.1) is 22.9 Å². The molecule has 3 heterocycles. The number of hydrogen-bond donors (Lipinski definition) is 1. The predicted octanol–water partition coefficient (Wildman–Crippen LogP) is 6.96. The van der Waals surface area contributed by atoms with E-state index in [9.17, 15) is 9.59 Å². The lowest BCUT2D eigenvalue weighted by molar-refractivity contribution is -0.115. The zero-order chi connectivity index (χ0) is 27.7. The molecule has 2 aromatic carbocycles. The predicted molar refractivity (Wildman–Crippen MR) is 157 cm³/mol. The summed E-state index contributed by atoms with van der Waals surface area (Å²) in [6.45, 7) is 9.14.